The van der Waals surface area contributed by atoms with Crippen molar-refractivity contribution in [2.75, 3.05) is 0 Å². The van der Waals surface area contributed by atoms with Crippen molar-refractivity contribution in [3.05, 3.63) is 83.9 Å². The molecule has 3 heteroatoms. The van der Waals surface area contributed by atoms with E-state index in [0.717, 1.165) is 11.5 Å². The highest BCUT2D eigenvalue weighted by Gasteiger charge is 2.41. The highest BCUT2D eigenvalue weighted by atomic mass is 16.5. The zero-order chi connectivity index (χ0) is 23.4. The predicted octanol–water partition coefficient (Wildman–Crippen LogP) is 6.14. The largest absolute Gasteiger partial charge is 0.458 e. The Labute approximate surface area is 201 Å². The van der Waals surface area contributed by atoms with Crippen molar-refractivity contribution in [3.63, 3.8) is 0 Å². The Morgan fingerprint density at radius 1 is 0.794 bits per heavy atom. The maximum atomic E-state index is 6.74. The zero-order valence-corrected chi connectivity index (χ0v) is 20.4. The lowest BCUT2D eigenvalue weighted by Gasteiger charge is -2.34. The van der Waals surface area contributed by atoms with E-state index in [2.05, 4.69) is 112 Å². The topological polar surface area (TPSA) is 14.2 Å². The molecule has 0 spiro atoms. The molecule has 0 N–H and O–H groups in total. The maximum Gasteiger partial charge on any atom is 0.256 e. The summed E-state index contributed by atoms with van der Waals surface area (Å²) in [5.74, 6) is 2.42. The number of hydrogen-bond acceptors (Lipinski definition) is 1. The second-order valence-corrected chi connectivity index (χ2v) is 11.2. The molecule has 1 aromatic heterocycles. The summed E-state index contributed by atoms with van der Waals surface area (Å²) in [4.78, 5) is 0. The smallest absolute Gasteiger partial charge is 0.256 e. The van der Waals surface area contributed by atoms with E-state index in [1.807, 2.05) is 0 Å². The van der Waals surface area contributed by atoms with Gasteiger partial charge in [-0.25, -0.2) is 0 Å². The molecule has 2 aliphatic rings. The Morgan fingerprint density at radius 3 is 2.38 bits per heavy atom. The Kier molecular flexibility index (Phi) is 3.86. The van der Waals surface area contributed by atoms with Gasteiger partial charge in [-0.3, -0.25) is 0 Å². The van der Waals surface area contributed by atoms with Gasteiger partial charge in [0.1, 0.15) is 11.5 Å². The molecule has 0 saturated heterocycles. The molecular formula is C31H28BNO. The van der Waals surface area contributed by atoms with Crippen molar-refractivity contribution < 1.29 is 4.74 Å². The monoisotopic (exact) mass is 441 g/mol. The fraction of sp³-hybridized carbons (Fsp3) is 0.226. The van der Waals surface area contributed by atoms with Gasteiger partial charge in [-0.15, -0.1) is 0 Å². The second kappa shape index (κ2) is 6.57. The molecule has 0 bridgehead atoms. The lowest BCUT2D eigenvalue weighted by Crippen LogP contribution is -2.58. The molecule has 34 heavy (non-hydrogen) atoms. The van der Waals surface area contributed by atoms with E-state index < -0.39 is 0 Å². The first-order valence-electron chi connectivity index (χ1n) is 12.4. The summed E-state index contributed by atoms with van der Waals surface area (Å²) in [5, 5.41) is 2.64. The van der Waals surface area contributed by atoms with Crippen molar-refractivity contribution in [2.24, 2.45) is 0 Å². The summed E-state index contributed by atoms with van der Waals surface area (Å²) in [6, 6.07) is 27.2. The van der Waals surface area contributed by atoms with Crippen LogP contribution in [0, 0.1) is 0 Å². The maximum absolute atomic E-state index is 6.74. The molecule has 2 nitrogen and oxygen atoms in total. The highest BCUT2D eigenvalue weighted by molar-refractivity contribution is 6.99. The quantitative estimate of drug-likeness (QED) is 0.279. The molecule has 0 amide bonds. The van der Waals surface area contributed by atoms with Crippen molar-refractivity contribution in [2.45, 2.75) is 46.0 Å². The van der Waals surface area contributed by atoms with Crippen LogP contribution in [0.4, 0.5) is 0 Å². The second-order valence-electron chi connectivity index (χ2n) is 11.2. The average molecular weight is 441 g/mol. The molecule has 0 saturated carbocycles. The molecule has 166 valence electrons. The van der Waals surface area contributed by atoms with E-state index in [-0.39, 0.29) is 12.1 Å². The summed E-state index contributed by atoms with van der Waals surface area (Å²) >= 11 is 0. The van der Waals surface area contributed by atoms with Crippen LogP contribution in [0.2, 0.25) is 0 Å². The van der Waals surface area contributed by atoms with Crippen molar-refractivity contribution in [1.29, 1.82) is 0 Å². The SMILES string of the molecule is CC(C)c1cc2c3c(c1)-n1c4ccccc4c4cccc(c41)B3c1ccc(C(C)(C)C)cc1O2. The first-order valence-corrected chi connectivity index (χ1v) is 12.4. The van der Waals surface area contributed by atoms with Gasteiger partial charge in [0.2, 0.25) is 0 Å². The number of fused-ring (bicyclic) bond motifs is 7. The third-order valence-electron chi connectivity index (χ3n) is 7.79. The zero-order valence-electron chi connectivity index (χ0n) is 20.4. The molecule has 7 rings (SSSR count). The number of ether oxygens (including phenoxy) is 1. The summed E-state index contributed by atoms with van der Waals surface area (Å²) < 4.78 is 9.22. The van der Waals surface area contributed by atoms with E-state index in [1.165, 1.54) is 55.0 Å². The lowest BCUT2D eigenvalue weighted by molar-refractivity contribution is 0.482. The molecule has 2 aliphatic heterocycles. The van der Waals surface area contributed by atoms with Crippen LogP contribution in [0.3, 0.4) is 0 Å². The fourth-order valence-corrected chi connectivity index (χ4v) is 5.98. The van der Waals surface area contributed by atoms with Crippen molar-refractivity contribution >= 4 is 44.9 Å². The Balaban J connectivity index is 1.64. The number of rotatable bonds is 1. The molecule has 3 heterocycles. The van der Waals surface area contributed by atoms with Gasteiger partial charge in [-0.05, 0) is 63.1 Å². The normalized spacial score (nSPS) is 13.9. The van der Waals surface area contributed by atoms with Gasteiger partial charge in [-0.2, -0.15) is 0 Å². The standard InChI is InChI=1S/C31H28BNO/c1-18(2)19-15-26-29-28(16-19)34-27-17-20(31(3,4)5)13-14-23(27)32(29)24-11-8-10-22-21-9-6-7-12-25(21)33(26)30(22)24/h6-18H,1-5H3. The first-order chi connectivity index (χ1) is 16.3. The number of hydrogen-bond donors (Lipinski definition) is 0. The Morgan fingerprint density at radius 2 is 1.59 bits per heavy atom. The van der Waals surface area contributed by atoms with Gasteiger partial charge in [0.25, 0.3) is 6.71 Å². The fourth-order valence-electron chi connectivity index (χ4n) is 5.98. The molecule has 0 fully saturated rings. The number of para-hydroxylation sites is 2. The highest BCUT2D eigenvalue weighted by Crippen LogP contribution is 2.39. The van der Waals surface area contributed by atoms with Crippen LogP contribution in [-0.4, -0.2) is 11.3 Å². The van der Waals surface area contributed by atoms with Crippen LogP contribution in [0.1, 0.15) is 51.7 Å². The van der Waals surface area contributed by atoms with Crippen molar-refractivity contribution in [1.82, 2.24) is 4.57 Å². The average Bonchev–Trinajstić information content (AvgIpc) is 3.16. The number of benzene rings is 4. The summed E-state index contributed by atoms with van der Waals surface area (Å²) in [6.45, 7) is 11.5. The van der Waals surface area contributed by atoms with Crippen LogP contribution in [0.15, 0.2) is 72.8 Å². The van der Waals surface area contributed by atoms with Crippen molar-refractivity contribution in [3.8, 4) is 17.2 Å². The van der Waals surface area contributed by atoms with E-state index in [4.69, 9.17) is 4.74 Å². The summed E-state index contributed by atoms with van der Waals surface area (Å²) in [7, 11) is 0. The van der Waals surface area contributed by atoms with Gasteiger partial charge in [0, 0.05) is 22.0 Å². The van der Waals surface area contributed by atoms with Gasteiger partial charge in [-0.1, -0.05) is 83.1 Å². The molecule has 0 radical (unpaired) electrons. The van der Waals surface area contributed by atoms with Gasteiger partial charge in [0.15, 0.2) is 0 Å². The molecule has 0 atom stereocenters. The van der Waals surface area contributed by atoms with E-state index in [1.54, 1.807) is 0 Å². The molecule has 0 aliphatic carbocycles. The molecule has 4 aromatic carbocycles. The number of nitrogens with zero attached hydrogens (tertiary/aromatic N) is 1. The number of aromatic nitrogens is 1. The Bertz CT molecular complexity index is 1650. The van der Waals surface area contributed by atoms with E-state index in [0.29, 0.717) is 5.92 Å². The van der Waals surface area contributed by atoms with E-state index in [9.17, 15) is 0 Å². The van der Waals surface area contributed by atoms with Gasteiger partial charge < -0.3 is 9.30 Å². The summed E-state index contributed by atoms with van der Waals surface area (Å²) in [6.07, 6.45) is 0. The molecular weight excluding hydrogens is 413 g/mol. The van der Waals surface area contributed by atoms with Gasteiger partial charge in [0.05, 0.1) is 5.52 Å². The summed E-state index contributed by atoms with van der Waals surface area (Å²) in [5.41, 5.74) is 10.5. The first kappa shape index (κ1) is 20.0. The van der Waals surface area contributed by atoms with Crippen LogP contribution in [-0.2, 0) is 5.41 Å². The Hall–Kier alpha value is -3.46. The van der Waals surface area contributed by atoms with Crippen LogP contribution >= 0.6 is 0 Å². The third-order valence-corrected chi connectivity index (χ3v) is 7.79. The minimum Gasteiger partial charge on any atom is -0.458 e. The van der Waals surface area contributed by atoms with Crippen LogP contribution < -0.4 is 21.1 Å². The third kappa shape index (κ3) is 2.53. The van der Waals surface area contributed by atoms with Crippen LogP contribution in [0.5, 0.6) is 11.5 Å². The molecule has 5 aromatic rings. The molecule has 0 unspecified atom stereocenters. The van der Waals surface area contributed by atoms with Crippen LogP contribution in [0.25, 0.3) is 27.5 Å². The van der Waals surface area contributed by atoms with E-state index >= 15 is 0 Å². The minimum atomic E-state index is 0.0720. The minimum absolute atomic E-state index is 0.0720. The predicted molar refractivity (Wildman–Crippen MR) is 145 cm³/mol. The van der Waals surface area contributed by atoms with Gasteiger partial charge >= 0.3 is 0 Å². The lowest BCUT2D eigenvalue weighted by atomic mass is 9.34.